The average Bonchev–Trinajstić information content (AvgIpc) is 2.65. The lowest BCUT2D eigenvalue weighted by atomic mass is 10.2. The summed E-state index contributed by atoms with van der Waals surface area (Å²) in [5, 5.41) is 3.23. The lowest BCUT2D eigenvalue weighted by Crippen LogP contribution is -2.42. The number of hydrogen-bond acceptors (Lipinski definition) is 4. The maximum absolute atomic E-state index is 12.7. The molecule has 1 atom stereocenters. The number of carbonyl (C=O) groups is 1. The molecule has 2 heterocycles. The van der Waals surface area contributed by atoms with E-state index in [1.165, 1.54) is 0 Å². The van der Waals surface area contributed by atoms with Gasteiger partial charge in [-0.3, -0.25) is 4.79 Å². The van der Waals surface area contributed by atoms with Crippen molar-refractivity contribution in [2.45, 2.75) is 32.7 Å². The zero-order valence-corrected chi connectivity index (χ0v) is 13.3. The monoisotopic (exact) mass is 290 g/mol. The first-order valence-corrected chi connectivity index (χ1v) is 7.82. The van der Waals surface area contributed by atoms with Crippen LogP contribution in [0.1, 0.15) is 37.2 Å². The molecule has 0 saturated carbocycles. The standard InChI is InChI=1S/C16H26N4O/c1-4-9-17-15-8-5-7-14(18-15)16(21)20-11-6-10-19(3)12-13(20)2/h5,7-8,13H,4,6,9-12H2,1-3H3,(H,17,18). The van der Waals surface area contributed by atoms with Crippen molar-refractivity contribution in [2.24, 2.45) is 0 Å². The Morgan fingerprint density at radius 1 is 1.43 bits per heavy atom. The molecule has 1 aliphatic heterocycles. The van der Waals surface area contributed by atoms with Crippen LogP contribution < -0.4 is 5.32 Å². The Bertz CT molecular complexity index is 477. The van der Waals surface area contributed by atoms with Crippen molar-refractivity contribution in [3.05, 3.63) is 23.9 Å². The molecule has 116 valence electrons. The molecule has 1 N–H and O–H groups in total. The van der Waals surface area contributed by atoms with Crippen molar-refractivity contribution in [3.63, 3.8) is 0 Å². The van der Waals surface area contributed by atoms with Gasteiger partial charge in [-0.2, -0.15) is 0 Å². The molecule has 1 aliphatic rings. The van der Waals surface area contributed by atoms with E-state index in [9.17, 15) is 4.79 Å². The van der Waals surface area contributed by atoms with Crippen LogP contribution in [-0.2, 0) is 0 Å². The van der Waals surface area contributed by atoms with Gasteiger partial charge in [0.15, 0.2) is 0 Å². The van der Waals surface area contributed by atoms with Crippen LogP contribution in [0.25, 0.3) is 0 Å². The van der Waals surface area contributed by atoms with Crippen LogP contribution in [-0.4, -0.2) is 60.0 Å². The molecule has 1 aromatic rings. The van der Waals surface area contributed by atoms with Gasteiger partial charge >= 0.3 is 0 Å². The number of likely N-dealkylation sites (N-methyl/N-ethyl adjacent to an activating group) is 1. The number of carbonyl (C=O) groups excluding carboxylic acids is 1. The first-order chi connectivity index (χ1) is 10.1. The van der Waals surface area contributed by atoms with Gasteiger partial charge in [0, 0.05) is 25.7 Å². The number of nitrogens with one attached hydrogen (secondary N) is 1. The summed E-state index contributed by atoms with van der Waals surface area (Å²) >= 11 is 0. The van der Waals surface area contributed by atoms with Crippen LogP contribution in [0, 0.1) is 0 Å². The smallest absolute Gasteiger partial charge is 0.272 e. The highest BCUT2D eigenvalue weighted by atomic mass is 16.2. The van der Waals surface area contributed by atoms with Gasteiger partial charge < -0.3 is 15.1 Å². The molecule has 0 aliphatic carbocycles. The third kappa shape index (κ3) is 4.17. The summed E-state index contributed by atoms with van der Waals surface area (Å²) < 4.78 is 0. The van der Waals surface area contributed by atoms with E-state index in [2.05, 4.69) is 36.1 Å². The molecule has 1 saturated heterocycles. The van der Waals surface area contributed by atoms with Crippen molar-refractivity contribution in [3.8, 4) is 0 Å². The Balaban J connectivity index is 2.11. The zero-order valence-electron chi connectivity index (χ0n) is 13.3. The molecule has 1 fully saturated rings. The lowest BCUT2D eigenvalue weighted by Gasteiger charge is -2.27. The molecule has 0 radical (unpaired) electrons. The lowest BCUT2D eigenvalue weighted by molar-refractivity contribution is 0.0690. The molecule has 5 heteroatoms. The Kier molecular flexibility index (Phi) is 5.56. The van der Waals surface area contributed by atoms with Crippen LogP contribution in [0.4, 0.5) is 5.82 Å². The fourth-order valence-electron chi connectivity index (χ4n) is 2.73. The van der Waals surface area contributed by atoms with Crippen LogP contribution >= 0.6 is 0 Å². The summed E-state index contributed by atoms with van der Waals surface area (Å²) in [6.07, 6.45) is 2.05. The van der Waals surface area contributed by atoms with E-state index >= 15 is 0 Å². The summed E-state index contributed by atoms with van der Waals surface area (Å²) in [6, 6.07) is 5.83. The van der Waals surface area contributed by atoms with E-state index in [4.69, 9.17) is 0 Å². The number of hydrogen-bond donors (Lipinski definition) is 1. The number of pyridine rings is 1. The zero-order chi connectivity index (χ0) is 15.2. The van der Waals surface area contributed by atoms with E-state index in [1.54, 1.807) is 6.07 Å². The number of aromatic nitrogens is 1. The largest absolute Gasteiger partial charge is 0.370 e. The van der Waals surface area contributed by atoms with Gasteiger partial charge in [-0.15, -0.1) is 0 Å². The van der Waals surface area contributed by atoms with Gasteiger partial charge in [-0.1, -0.05) is 13.0 Å². The highest BCUT2D eigenvalue weighted by Gasteiger charge is 2.25. The first-order valence-electron chi connectivity index (χ1n) is 7.82. The highest BCUT2D eigenvalue weighted by molar-refractivity contribution is 5.93. The summed E-state index contributed by atoms with van der Waals surface area (Å²) in [5.41, 5.74) is 0.535. The third-order valence-electron chi connectivity index (χ3n) is 3.83. The van der Waals surface area contributed by atoms with Crippen LogP contribution in [0.2, 0.25) is 0 Å². The number of amides is 1. The predicted octanol–water partition coefficient (Wildman–Crippen LogP) is 2.07. The maximum atomic E-state index is 12.7. The molecule has 21 heavy (non-hydrogen) atoms. The molecule has 2 rings (SSSR count). The molecule has 5 nitrogen and oxygen atoms in total. The van der Waals surface area contributed by atoms with E-state index in [-0.39, 0.29) is 11.9 Å². The van der Waals surface area contributed by atoms with Crippen LogP contribution in [0.15, 0.2) is 18.2 Å². The number of anilines is 1. The average molecular weight is 290 g/mol. The molecule has 0 spiro atoms. The minimum absolute atomic E-state index is 0.0398. The Morgan fingerprint density at radius 3 is 3.00 bits per heavy atom. The van der Waals surface area contributed by atoms with Gasteiger partial charge in [0.05, 0.1) is 0 Å². The SMILES string of the molecule is CCCNc1cccc(C(=O)N2CCCN(C)CC2C)n1. The topological polar surface area (TPSA) is 48.5 Å². The Morgan fingerprint density at radius 2 is 2.24 bits per heavy atom. The second kappa shape index (κ2) is 7.41. The van der Waals surface area contributed by atoms with E-state index < -0.39 is 0 Å². The van der Waals surface area contributed by atoms with Crippen LogP contribution in [0.3, 0.4) is 0 Å². The fourth-order valence-corrected chi connectivity index (χ4v) is 2.73. The fraction of sp³-hybridized carbons (Fsp3) is 0.625. The summed E-state index contributed by atoms with van der Waals surface area (Å²) in [5.74, 6) is 0.820. The Labute approximate surface area is 127 Å². The molecule has 0 bridgehead atoms. The molecule has 1 amide bonds. The van der Waals surface area contributed by atoms with E-state index in [0.29, 0.717) is 5.69 Å². The molecule has 1 aromatic heterocycles. The molecule has 0 aromatic carbocycles. The second-order valence-electron chi connectivity index (χ2n) is 5.80. The quantitative estimate of drug-likeness (QED) is 0.922. The molecule has 1 unspecified atom stereocenters. The van der Waals surface area contributed by atoms with Crippen molar-refractivity contribution >= 4 is 11.7 Å². The number of nitrogens with zero attached hydrogens (tertiary/aromatic N) is 3. The van der Waals surface area contributed by atoms with Crippen molar-refractivity contribution in [1.29, 1.82) is 0 Å². The minimum Gasteiger partial charge on any atom is -0.370 e. The van der Waals surface area contributed by atoms with Gasteiger partial charge in [0.25, 0.3) is 5.91 Å². The number of rotatable bonds is 4. The van der Waals surface area contributed by atoms with Gasteiger partial charge in [0.1, 0.15) is 11.5 Å². The summed E-state index contributed by atoms with van der Waals surface area (Å²) in [7, 11) is 2.11. The van der Waals surface area contributed by atoms with E-state index in [0.717, 1.165) is 44.8 Å². The minimum atomic E-state index is 0.0398. The molecular formula is C16H26N4O. The van der Waals surface area contributed by atoms with Crippen LogP contribution in [0.5, 0.6) is 0 Å². The van der Waals surface area contributed by atoms with Crippen molar-refractivity contribution in [2.75, 3.05) is 38.5 Å². The Hall–Kier alpha value is -1.62. The van der Waals surface area contributed by atoms with E-state index in [1.807, 2.05) is 17.0 Å². The third-order valence-corrected chi connectivity index (χ3v) is 3.83. The summed E-state index contributed by atoms with van der Waals surface area (Å²) in [4.78, 5) is 21.4. The second-order valence-corrected chi connectivity index (χ2v) is 5.80. The normalized spacial score (nSPS) is 20.1. The maximum Gasteiger partial charge on any atom is 0.272 e. The van der Waals surface area contributed by atoms with Gasteiger partial charge in [-0.25, -0.2) is 4.98 Å². The highest BCUT2D eigenvalue weighted by Crippen LogP contribution is 2.14. The van der Waals surface area contributed by atoms with Crippen molar-refractivity contribution < 1.29 is 4.79 Å². The summed E-state index contributed by atoms with van der Waals surface area (Å²) in [6.45, 7) is 7.85. The first kappa shape index (κ1) is 15.8. The van der Waals surface area contributed by atoms with Gasteiger partial charge in [0.2, 0.25) is 0 Å². The van der Waals surface area contributed by atoms with Gasteiger partial charge in [-0.05, 0) is 45.5 Å². The predicted molar refractivity (Wildman–Crippen MR) is 85.6 cm³/mol. The molecular weight excluding hydrogens is 264 g/mol. The van der Waals surface area contributed by atoms with Crippen molar-refractivity contribution in [1.82, 2.24) is 14.8 Å².